The Hall–Kier alpha value is -2.04. The second-order valence-electron chi connectivity index (χ2n) is 7.47. The number of nitrogens with one attached hydrogen (secondary N) is 1. The molecule has 0 aromatic heterocycles. The van der Waals surface area contributed by atoms with Gasteiger partial charge in [0.2, 0.25) is 5.91 Å². The van der Waals surface area contributed by atoms with E-state index in [-0.39, 0.29) is 29.3 Å². The van der Waals surface area contributed by atoms with Crippen LogP contribution in [0.4, 0.5) is 4.79 Å². The molecule has 1 saturated heterocycles. The molecule has 2 rings (SSSR count). The normalized spacial score (nSPS) is 17.4. The molecule has 1 atom stereocenters. The number of primary amides is 1. The molecule has 0 saturated carbocycles. The number of nitrogens with two attached hydrogens (primary N) is 1. The van der Waals surface area contributed by atoms with Crippen molar-refractivity contribution in [2.75, 3.05) is 13.1 Å². The summed E-state index contributed by atoms with van der Waals surface area (Å²) in [5.41, 5.74) is 6.60. The van der Waals surface area contributed by atoms with Gasteiger partial charge in [0.05, 0.1) is 0 Å². The monoisotopic (exact) mass is 331 g/mol. The Morgan fingerprint density at radius 3 is 2.38 bits per heavy atom. The van der Waals surface area contributed by atoms with Crippen LogP contribution in [-0.4, -0.2) is 36.0 Å². The van der Waals surface area contributed by atoms with Crippen molar-refractivity contribution >= 4 is 11.9 Å². The molecule has 1 heterocycles. The molecular weight excluding hydrogens is 302 g/mol. The zero-order valence-corrected chi connectivity index (χ0v) is 14.9. The van der Waals surface area contributed by atoms with E-state index in [9.17, 15) is 9.59 Å². The Labute approximate surface area is 144 Å². The van der Waals surface area contributed by atoms with Crippen LogP contribution in [0.5, 0.6) is 0 Å². The molecule has 3 amide bonds. The van der Waals surface area contributed by atoms with Crippen molar-refractivity contribution in [1.29, 1.82) is 0 Å². The number of nitrogens with zero attached hydrogens (tertiary/aromatic N) is 1. The number of likely N-dealkylation sites (tertiary alicyclic amines) is 1. The quantitative estimate of drug-likeness (QED) is 0.870. The first-order valence-corrected chi connectivity index (χ1v) is 8.70. The van der Waals surface area contributed by atoms with Crippen molar-refractivity contribution in [1.82, 2.24) is 10.2 Å². The number of rotatable bonds is 5. The van der Waals surface area contributed by atoms with Gasteiger partial charge in [0.15, 0.2) is 0 Å². The average molecular weight is 331 g/mol. The number of piperidine rings is 1. The first-order chi connectivity index (χ1) is 11.3. The van der Waals surface area contributed by atoms with Gasteiger partial charge in [-0.15, -0.1) is 0 Å². The Bertz CT molecular complexity index is 563. The van der Waals surface area contributed by atoms with Gasteiger partial charge < -0.3 is 16.0 Å². The second kappa shape index (κ2) is 7.69. The first-order valence-electron chi connectivity index (χ1n) is 8.70. The van der Waals surface area contributed by atoms with Gasteiger partial charge in [-0.25, -0.2) is 4.79 Å². The lowest BCUT2D eigenvalue weighted by Gasteiger charge is -2.33. The molecule has 0 radical (unpaired) electrons. The fourth-order valence-corrected chi connectivity index (χ4v) is 3.49. The molecule has 24 heavy (non-hydrogen) atoms. The van der Waals surface area contributed by atoms with Crippen LogP contribution >= 0.6 is 0 Å². The van der Waals surface area contributed by atoms with E-state index >= 15 is 0 Å². The topological polar surface area (TPSA) is 75.4 Å². The minimum absolute atomic E-state index is 0.00702. The maximum absolute atomic E-state index is 12.4. The molecule has 1 aliphatic rings. The zero-order valence-electron chi connectivity index (χ0n) is 14.9. The van der Waals surface area contributed by atoms with Crippen LogP contribution in [-0.2, 0) is 10.2 Å². The Morgan fingerprint density at radius 2 is 1.83 bits per heavy atom. The number of benzene rings is 1. The van der Waals surface area contributed by atoms with E-state index in [0.29, 0.717) is 25.9 Å². The summed E-state index contributed by atoms with van der Waals surface area (Å²) in [5.74, 6) is -0.350. The molecule has 1 aliphatic heterocycles. The third kappa shape index (κ3) is 4.73. The number of amides is 3. The van der Waals surface area contributed by atoms with Crippen LogP contribution in [0.15, 0.2) is 30.3 Å². The van der Waals surface area contributed by atoms with Crippen molar-refractivity contribution < 1.29 is 9.59 Å². The Balaban J connectivity index is 1.85. The molecule has 1 aromatic carbocycles. The van der Waals surface area contributed by atoms with Crippen molar-refractivity contribution in [3.8, 4) is 0 Å². The summed E-state index contributed by atoms with van der Waals surface area (Å²) in [6.45, 7) is 7.62. The van der Waals surface area contributed by atoms with E-state index < -0.39 is 0 Å². The largest absolute Gasteiger partial charge is 0.369 e. The van der Waals surface area contributed by atoms with Gasteiger partial charge in [0.1, 0.15) is 0 Å². The minimum atomic E-state index is -0.256. The molecule has 5 nitrogen and oxygen atoms in total. The summed E-state index contributed by atoms with van der Waals surface area (Å²) in [6, 6.07) is 10.4. The predicted molar refractivity (Wildman–Crippen MR) is 95.6 cm³/mol. The van der Waals surface area contributed by atoms with Crippen LogP contribution in [0.3, 0.4) is 0 Å². The van der Waals surface area contributed by atoms with E-state index in [1.165, 1.54) is 5.56 Å². The molecule has 1 fully saturated rings. The average Bonchev–Trinajstić information content (AvgIpc) is 2.55. The molecule has 5 heteroatoms. The number of hydrogen-bond donors (Lipinski definition) is 2. The predicted octanol–water partition coefficient (Wildman–Crippen LogP) is 2.65. The molecule has 0 unspecified atom stereocenters. The summed E-state index contributed by atoms with van der Waals surface area (Å²) in [6.07, 6.45) is 2.18. The summed E-state index contributed by atoms with van der Waals surface area (Å²) >= 11 is 0. The number of carbonyl (C=O) groups excluding carboxylic acids is 2. The molecule has 0 spiro atoms. The van der Waals surface area contributed by atoms with Crippen LogP contribution < -0.4 is 11.1 Å². The zero-order chi connectivity index (χ0) is 17.7. The van der Waals surface area contributed by atoms with Gasteiger partial charge >= 0.3 is 6.03 Å². The van der Waals surface area contributed by atoms with E-state index in [0.717, 1.165) is 6.42 Å². The molecular formula is C19H29N3O2. The maximum atomic E-state index is 12.4. The van der Waals surface area contributed by atoms with Gasteiger partial charge in [-0.05, 0) is 37.2 Å². The van der Waals surface area contributed by atoms with E-state index in [2.05, 4.69) is 31.3 Å². The van der Waals surface area contributed by atoms with E-state index in [4.69, 9.17) is 5.73 Å². The lowest BCUT2D eigenvalue weighted by atomic mass is 9.79. The SMILES string of the molecule is C[C@H](CC(C)(C)c1ccccc1)NC(=O)N1CCC(C(N)=O)CC1. The summed E-state index contributed by atoms with van der Waals surface area (Å²) in [4.78, 5) is 25.4. The highest BCUT2D eigenvalue weighted by Gasteiger charge is 2.28. The van der Waals surface area contributed by atoms with Crippen LogP contribution in [0, 0.1) is 5.92 Å². The highest BCUT2D eigenvalue weighted by molar-refractivity contribution is 5.78. The highest BCUT2D eigenvalue weighted by Crippen LogP contribution is 2.28. The van der Waals surface area contributed by atoms with Crippen molar-refractivity contribution in [3.63, 3.8) is 0 Å². The van der Waals surface area contributed by atoms with E-state index in [1.807, 2.05) is 25.1 Å². The second-order valence-corrected chi connectivity index (χ2v) is 7.47. The number of urea groups is 1. The van der Waals surface area contributed by atoms with Crippen molar-refractivity contribution in [2.45, 2.75) is 51.5 Å². The third-order valence-corrected chi connectivity index (χ3v) is 4.93. The van der Waals surface area contributed by atoms with Crippen LogP contribution in [0.1, 0.15) is 45.6 Å². The van der Waals surface area contributed by atoms with Crippen LogP contribution in [0.2, 0.25) is 0 Å². The van der Waals surface area contributed by atoms with Gasteiger partial charge in [0.25, 0.3) is 0 Å². The first kappa shape index (κ1) is 18.3. The highest BCUT2D eigenvalue weighted by atomic mass is 16.2. The number of hydrogen-bond acceptors (Lipinski definition) is 2. The number of carbonyl (C=O) groups is 2. The summed E-state index contributed by atoms with van der Waals surface area (Å²) in [7, 11) is 0. The molecule has 1 aromatic rings. The van der Waals surface area contributed by atoms with Gasteiger partial charge in [-0.1, -0.05) is 44.2 Å². The minimum Gasteiger partial charge on any atom is -0.369 e. The van der Waals surface area contributed by atoms with Crippen molar-refractivity contribution in [2.24, 2.45) is 11.7 Å². The molecule has 3 N–H and O–H groups in total. The Kier molecular flexibility index (Phi) is 5.86. The smallest absolute Gasteiger partial charge is 0.317 e. The molecule has 0 aliphatic carbocycles. The standard InChI is InChI=1S/C19H29N3O2/c1-14(13-19(2,3)16-7-5-4-6-8-16)21-18(24)22-11-9-15(10-12-22)17(20)23/h4-8,14-15H,9-13H2,1-3H3,(H2,20,23)(H,21,24)/t14-/m1/s1. The van der Waals surface area contributed by atoms with Gasteiger partial charge in [-0.3, -0.25) is 4.79 Å². The lowest BCUT2D eigenvalue weighted by molar-refractivity contribution is -0.123. The molecule has 0 bridgehead atoms. The summed E-state index contributed by atoms with van der Waals surface area (Å²) < 4.78 is 0. The fraction of sp³-hybridized carbons (Fsp3) is 0.579. The van der Waals surface area contributed by atoms with Crippen LogP contribution in [0.25, 0.3) is 0 Å². The summed E-state index contributed by atoms with van der Waals surface area (Å²) in [5, 5.41) is 3.09. The van der Waals surface area contributed by atoms with E-state index in [1.54, 1.807) is 4.90 Å². The third-order valence-electron chi connectivity index (χ3n) is 4.93. The maximum Gasteiger partial charge on any atom is 0.317 e. The molecule has 132 valence electrons. The Morgan fingerprint density at radius 1 is 1.25 bits per heavy atom. The van der Waals surface area contributed by atoms with Crippen molar-refractivity contribution in [3.05, 3.63) is 35.9 Å². The van der Waals surface area contributed by atoms with Gasteiger partial charge in [0, 0.05) is 25.0 Å². The lowest BCUT2D eigenvalue weighted by Crippen LogP contribution is -2.49. The van der Waals surface area contributed by atoms with Gasteiger partial charge in [-0.2, -0.15) is 0 Å². The fourth-order valence-electron chi connectivity index (χ4n) is 3.49.